The van der Waals surface area contributed by atoms with Gasteiger partial charge in [0.1, 0.15) is 5.69 Å². The fourth-order valence-electron chi connectivity index (χ4n) is 3.05. The monoisotopic (exact) mass is 329 g/mol. The average Bonchev–Trinajstić information content (AvgIpc) is 3.16. The van der Waals surface area contributed by atoms with Crippen molar-refractivity contribution >= 4 is 17.2 Å². The van der Waals surface area contributed by atoms with E-state index in [0.717, 1.165) is 37.6 Å². The Bertz CT molecular complexity index is 682. The van der Waals surface area contributed by atoms with Crippen LogP contribution in [0.15, 0.2) is 29.6 Å². The van der Waals surface area contributed by atoms with Crippen molar-refractivity contribution in [2.45, 2.75) is 26.8 Å². The van der Waals surface area contributed by atoms with Crippen molar-refractivity contribution in [3.8, 4) is 0 Å². The van der Waals surface area contributed by atoms with Gasteiger partial charge in [0, 0.05) is 25.0 Å². The van der Waals surface area contributed by atoms with E-state index in [-0.39, 0.29) is 5.91 Å². The van der Waals surface area contributed by atoms with Crippen LogP contribution in [0, 0.1) is 19.8 Å². The normalized spacial score (nSPS) is 18.3. The van der Waals surface area contributed by atoms with Crippen LogP contribution in [0.5, 0.6) is 0 Å². The third kappa shape index (κ3) is 4.18. The highest BCUT2D eigenvalue weighted by molar-refractivity contribution is 7.09. The molecule has 5 heteroatoms. The minimum absolute atomic E-state index is 0.0493. The van der Waals surface area contributed by atoms with Gasteiger partial charge < -0.3 is 5.32 Å². The number of nitrogens with one attached hydrogen (secondary N) is 1. The van der Waals surface area contributed by atoms with Gasteiger partial charge in [0.25, 0.3) is 5.91 Å². The highest BCUT2D eigenvalue weighted by Crippen LogP contribution is 2.19. The lowest BCUT2D eigenvalue weighted by Crippen LogP contribution is -2.31. The summed E-state index contributed by atoms with van der Waals surface area (Å²) in [6.07, 6.45) is 1.14. The molecule has 2 aromatic rings. The highest BCUT2D eigenvalue weighted by Gasteiger charge is 2.23. The lowest BCUT2D eigenvalue weighted by molar-refractivity contribution is 0.0943. The maximum atomic E-state index is 12.1. The van der Waals surface area contributed by atoms with Crippen LogP contribution in [-0.2, 0) is 6.54 Å². The zero-order chi connectivity index (χ0) is 16.2. The Hall–Kier alpha value is -1.72. The van der Waals surface area contributed by atoms with E-state index >= 15 is 0 Å². The molecule has 1 aromatic carbocycles. The Labute approximate surface area is 141 Å². The fourth-order valence-corrected chi connectivity index (χ4v) is 3.64. The molecule has 1 fully saturated rings. The third-order valence-electron chi connectivity index (χ3n) is 4.43. The highest BCUT2D eigenvalue weighted by atomic mass is 32.1. The van der Waals surface area contributed by atoms with Crippen LogP contribution in [-0.4, -0.2) is 35.4 Å². The second-order valence-electron chi connectivity index (χ2n) is 6.28. The number of carbonyl (C=O) groups excluding carboxylic acids is 1. The number of nitrogens with zero attached hydrogens (tertiary/aromatic N) is 2. The quantitative estimate of drug-likeness (QED) is 0.917. The van der Waals surface area contributed by atoms with Gasteiger partial charge in [0.15, 0.2) is 0 Å². The molecule has 1 amide bonds. The Balaban J connectivity index is 1.47. The number of aryl methyl sites for hydroxylation is 2. The molecule has 1 aliphatic rings. The van der Waals surface area contributed by atoms with Gasteiger partial charge in [-0.3, -0.25) is 9.69 Å². The van der Waals surface area contributed by atoms with E-state index in [0.29, 0.717) is 11.6 Å². The number of likely N-dealkylation sites (tertiary alicyclic amines) is 1. The van der Waals surface area contributed by atoms with Gasteiger partial charge in [0.05, 0.1) is 5.01 Å². The number of amides is 1. The molecule has 0 aliphatic carbocycles. The summed E-state index contributed by atoms with van der Waals surface area (Å²) in [5.41, 5.74) is 3.29. The van der Waals surface area contributed by atoms with Crippen LogP contribution in [0.3, 0.4) is 0 Å². The summed E-state index contributed by atoms with van der Waals surface area (Å²) in [5, 5.41) is 5.78. The summed E-state index contributed by atoms with van der Waals surface area (Å²) in [6, 6.07) is 8.56. The Morgan fingerprint density at radius 1 is 1.39 bits per heavy atom. The molecular formula is C18H23N3OS. The second-order valence-corrected chi connectivity index (χ2v) is 7.34. The number of hydrogen-bond acceptors (Lipinski definition) is 4. The van der Waals surface area contributed by atoms with Crippen molar-refractivity contribution in [1.82, 2.24) is 15.2 Å². The third-order valence-corrected chi connectivity index (χ3v) is 5.20. The minimum atomic E-state index is -0.0493. The van der Waals surface area contributed by atoms with Gasteiger partial charge >= 0.3 is 0 Å². The van der Waals surface area contributed by atoms with Crippen LogP contribution < -0.4 is 5.32 Å². The maximum absolute atomic E-state index is 12.1. The molecule has 1 aromatic heterocycles. The zero-order valence-corrected chi connectivity index (χ0v) is 14.5. The summed E-state index contributed by atoms with van der Waals surface area (Å²) in [7, 11) is 0. The summed E-state index contributed by atoms with van der Waals surface area (Å²) < 4.78 is 0. The number of thiazole rings is 1. The fraction of sp³-hybridized carbons (Fsp3) is 0.444. The first kappa shape index (κ1) is 16.1. The van der Waals surface area contributed by atoms with Gasteiger partial charge in [-0.1, -0.05) is 24.3 Å². The minimum Gasteiger partial charge on any atom is -0.350 e. The number of carbonyl (C=O) groups is 1. The Kier molecular flexibility index (Phi) is 5.08. The van der Waals surface area contributed by atoms with Crippen molar-refractivity contribution in [3.63, 3.8) is 0 Å². The number of aromatic nitrogens is 1. The van der Waals surface area contributed by atoms with E-state index in [4.69, 9.17) is 0 Å². The molecule has 4 nitrogen and oxygen atoms in total. The van der Waals surface area contributed by atoms with Crippen LogP contribution in [0.4, 0.5) is 0 Å². The molecule has 1 saturated heterocycles. The van der Waals surface area contributed by atoms with Crippen molar-refractivity contribution in [2.24, 2.45) is 5.92 Å². The summed E-state index contributed by atoms with van der Waals surface area (Å²) in [4.78, 5) is 18.8. The Morgan fingerprint density at radius 2 is 2.22 bits per heavy atom. The van der Waals surface area contributed by atoms with E-state index in [1.165, 1.54) is 22.5 Å². The van der Waals surface area contributed by atoms with Crippen molar-refractivity contribution in [2.75, 3.05) is 19.6 Å². The van der Waals surface area contributed by atoms with Crippen LogP contribution in [0.25, 0.3) is 0 Å². The lowest BCUT2D eigenvalue weighted by atomic mass is 10.1. The van der Waals surface area contributed by atoms with Gasteiger partial charge in [-0.25, -0.2) is 4.98 Å². The summed E-state index contributed by atoms with van der Waals surface area (Å²) in [5.74, 6) is 0.481. The van der Waals surface area contributed by atoms with Crippen molar-refractivity contribution in [1.29, 1.82) is 0 Å². The largest absolute Gasteiger partial charge is 0.350 e. The SMILES string of the molecule is Cc1nc(C(=O)NC[C@H]2CCN(Cc3ccccc3C)C2)cs1. The molecule has 0 radical (unpaired) electrons. The van der Waals surface area contributed by atoms with Crippen LogP contribution in [0.2, 0.25) is 0 Å². The molecule has 1 atom stereocenters. The summed E-state index contributed by atoms with van der Waals surface area (Å²) in [6.45, 7) is 7.97. The van der Waals surface area contributed by atoms with Gasteiger partial charge in [-0.2, -0.15) is 0 Å². The molecule has 3 rings (SSSR count). The standard InChI is InChI=1S/C18H23N3OS/c1-13-5-3-4-6-16(13)11-21-8-7-15(10-21)9-19-18(22)17-12-23-14(2)20-17/h3-6,12,15H,7-11H2,1-2H3,(H,19,22)/t15-/m1/s1. The van der Waals surface area contributed by atoms with Gasteiger partial charge in [-0.05, 0) is 43.9 Å². The first-order chi connectivity index (χ1) is 11.1. The van der Waals surface area contributed by atoms with Crippen LogP contribution in [0.1, 0.15) is 33.0 Å². The smallest absolute Gasteiger partial charge is 0.270 e. The van der Waals surface area contributed by atoms with Gasteiger partial charge in [-0.15, -0.1) is 11.3 Å². The number of benzene rings is 1. The first-order valence-corrected chi connectivity index (χ1v) is 8.97. The Morgan fingerprint density at radius 3 is 2.96 bits per heavy atom. The molecule has 23 heavy (non-hydrogen) atoms. The lowest BCUT2D eigenvalue weighted by Gasteiger charge is -2.17. The topological polar surface area (TPSA) is 45.2 Å². The molecule has 0 saturated carbocycles. The molecule has 1 aliphatic heterocycles. The molecule has 2 heterocycles. The number of rotatable bonds is 5. The predicted molar refractivity (Wildman–Crippen MR) is 93.7 cm³/mol. The zero-order valence-electron chi connectivity index (χ0n) is 13.7. The predicted octanol–water partition coefficient (Wildman–Crippen LogP) is 3.01. The second kappa shape index (κ2) is 7.23. The number of hydrogen-bond donors (Lipinski definition) is 1. The average molecular weight is 329 g/mol. The molecule has 0 spiro atoms. The molecule has 0 unspecified atom stereocenters. The van der Waals surface area contributed by atoms with E-state index < -0.39 is 0 Å². The summed E-state index contributed by atoms with van der Waals surface area (Å²) >= 11 is 1.51. The van der Waals surface area contributed by atoms with E-state index in [1.807, 2.05) is 12.3 Å². The van der Waals surface area contributed by atoms with E-state index in [2.05, 4.69) is 46.4 Å². The van der Waals surface area contributed by atoms with Crippen molar-refractivity contribution in [3.05, 3.63) is 51.5 Å². The van der Waals surface area contributed by atoms with Crippen LogP contribution >= 0.6 is 11.3 Å². The molecular weight excluding hydrogens is 306 g/mol. The van der Waals surface area contributed by atoms with Gasteiger partial charge in [0.2, 0.25) is 0 Å². The molecule has 122 valence electrons. The first-order valence-electron chi connectivity index (χ1n) is 8.09. The molecule has 0 bridgehead atoms. The maximum Gasteiger partial charge on any atom is 0.270 e. The van der Waals surface area contributed by atoms with Crippen molar-refractivity contribution < 1.29 is 4.79 Å². The molecule has 1 N–H and O–H groups in total. The van der Waals surface area contributed by atoms with E-state index in [1.54, 1.807) is 0 Å². The van der Waals surface area contributed by atoms with E-state index in [9.17, 15) is 4.79 Å².